The molecule has 2 N–H and O–H groups in total. The molecule has 0 radical (unpaired) electrons. The van der Waals surface area contributed by atoms with E-state index in [1.807, 2.05) is 0 Å². The van der Waals surface area contributed by atoms with Gasteiger partial charge in [0.05, 0.1) is 4.47 Å². The van der Waals surface area contributed by atoms with E-state index >= 15 is 0 Å². The van der Waals surface area contributed by atoms with Gasteiger partial charge in [0.2, 0.25) is 5.91 Å². The summed E-state index contributed by atoms with van der Waals surface area (Å²) in [6.45, 7) is 0.940. The number of rotatable bonds is 3. The Morgan fingerprint density at radius 3 is 2.84 bits per heavy atom. The summed E-state index contributed by atoms with van der Waals surface area (Å²) in [6.07, 6.45) is 2.75. The summed E-state index contributed by atoms with van der Waals surface area (Å²) in [4.78, 5) is 37.4. The molecular formula is C11H14BrN3O4. The van der Waals surface area contributed by atoms with E-state index in [2.05, 4.69) is 26.2 Å². The Balaban J connectivity index is 2.05. The predicted molar refractivity (Wildman–Crippen MR) is 71.0 cm³/mol. The van der Waals surface area contributed by atoms with Gasteiger partial charge in [-0.05, 0) is 28.8 Å². The number of carbonyl (C=O) groups excluding carboxylic acids is 1. The number of aromatic nitrogens is 2. The molecule has 1 aliphatic heterocycles. The highest BCUT2D eigenvalue weighted by Crippen LogP contribution is 2.05. The Bertz CT molecular complexity index is 574. The lowest BCUT2D eigenvalue weighted by atomic mass is 10.1. The first-order valence-corrected chi connectivity index (χ1v) is 6.72. The number of hydrogen-bond donors (Lipinski definition) is 2. The van der Waals surface area contributed by atoms with Gasteiger partial charge in [-0.2, -0.15) is 0 Å². The number of carbonyl (C=O) groups is 1. The number of halogens is 1. The highest BCUT2D eigenvalue weighted by molar-refractivity contribution is 9.10. The molecule has 1 aromatic heterocycles. The minimum Gasteiger partial charge on any atom is -0.381 e. The van der Waals surface area contributed by atoms with Gasteiger partial charge in [0.15, 0.2) is 0 Å². The maximum Gasteiger partial charge on any atom is 0.328 e. The van der Waals surface area contributed by atoms with Crippen molar-refractivity contribution in [3.63, 3.8) is 0 Å². The summed E-state index contributed by atoms with van der Waals surface area (Å²) < 4.78 is 6.26. The van der Waals surface area contributed by atoms with Crippen LogP contribution in [0.2, 0.25) is 0 Å². The van der Waals surface area contributed by atoms with Gasteiger partial charge in [-0.1, -0.05) is 0 Å². The number of nitrogens with zero attached hydrogens (tertiary/aromatic N) is 1. The van der Waals surface area contributed by atoms with Crippen molar-refractivity contribution in [2.75, 3.05) is 13.2 Å². The van der Waals surface area contributed by atoms with Crippen molar-refractivity contribution in [3.8, 4) is 0 Å². The Labute approximate surface area is 117 Å². The average Bonchev–Trinajstić information content (AvgIpc) is 2.40. The lowest BCUT2D eigenvalue weighted by Gasteiger charge is -2.23. The molecule has 2 rings (SSSR count). The highest BCUT2D eigenvalue weighted by atomic mass is 79.9. The van der Waals surface area contributed by atoms with Crippen LogP contribution in [-0.4, -0.2) is 34.7 Å². The van der Waals surface area contributed by atoms with Crippen LogP contribution in [0.5, 0.6) is 0 Å². The fraction of sp³-hybridized carbons (Fsp3) is 0.545. The Morgan fingerprint density at radius 2 is 2.16 bits per heavy atom. The van der Waals surface area contributed by atoms with Crippen LogP contribution in [0, 0.1) is 0 Å². The van der Waals surface area contributed by atoms with Crippen LogP contribution in [0.1, 0.15) is 12.8 Å². The molecule has 0 unspecified atom stereocenters. The standard InChI is InChI=1S/C11H14BrN3O4/c12-8-5-13-11(18)15(10(8)17)6-9(16)14-7-1-3-19-4-2-7/h5,7H,1-4,6H2,(H,13,18)(H,14,16). The summed E-state index contributed by atoms with van der Waals surface area (Å²) in [5, 5.41) is 2.79. The summed E-state index contributed by atoms with van der Waals surface area (Å²) >= 11 is 3.02. The van der Waals surface area contributed by atoms with Gasteiger partial charge < -0.3 is 15.0 Å². The fourth-order valence-corrected chi connectivity index (χ4v) is 2.22. The smallest absolute Gasteiger partial charge is 0.328 e. The van der Waals surface area contributed by atoms with Crippen LogP contribution in [0.3, 0.4) is 0 Å². The third-order valence-electron chi connectivity index (χ3n) is 2.91. The van der Waals surface area contributed by atoms with Crippen molar-refractivity contribution in [3.05, 3.63) is 31.5 Å². The molecule has 1 aliphatic rings. The van der Waals surface area contributed by atoms with Gasteiger partial charge in [0, 0.05) is 25.5 Å². The minimum atomic E-state index is -0.602. The number of ether oxygens (including phenoxy) is 1. The molecule has 0 spiro atoms. The van der Waals surface area contributed by atoms with E-state index in [4.69, 9.17) is 4.74 Å². The van der Waals surface area contributed by atoms with Gasteiger partial charge in [0.1, 0.15) is 6.54 Å². The number of amides is 1. The van der Waals surface area contributed by atoms with Crippen LogP contribution in [0.4, 0.5) is 0 Å². The number of hydrogen-bond acceptors (Lipinski definition) is 4. The molecule has 104 valence electrons. The zero-order valence-corrected chi connectivity index (χ0v) is 11.7. The molecule has 0 atom stereocenters. The first-order chi connectivity index (χ1) is 9.08. The molecule has 0 bridgehead atoms. The second-order valence-electron chi connectivity index (χ2n) is 4.29. The fourth-order valence-electron chi connectivity index (χ4n) is 1.89. The summed E-state index contributed by atoms with van der Waals surface area (Å²) in [7, 11) is 0. The van der Waals surface area contributed by atoms with E-state index in [0.29, 0.717) is 13.2 Å². The number of H-pyrrole nitrogens is 1. The van der Waals surface area contributed by atoms with Crippen molar-refractivity contribution >= 4 is 21.8 Å². The molecular weight excluding hydrogens is 318 g/mol. The first kappa shape index (κ1) is 14.0. The van der Waals surface area contributed by atoms with Crippen molar-refractivity contribution in [2.24, 2.45) is 0 Å². The Morgan fingerprint density at radius 1 is 1.47 bits per heavy atom. The van der Waals surface area contributed by atoms with Gasteiger partial charge >= 0.3 is 5.69 Å². The van der Waals surface area contributed by atoms with Crippen LogP contribution < -0.4 is 16.6 Å². The van der Waals surface area contributed by atoms with Crippen molar-refractivity contribution in [1.29, 1.82) is 0 Å². The van der Waals surface area contributed by atoms with E-state index in [1.165, 1.54) is 6.20 Å². The van der Waals surface area contributed by atoms with Gasteiger partial charge in [-0.3, -0.25) is 9.59 Å². The highest BCUT2D eigenvalue weighted by Gasteiger charge is 2.17. The molecule has 0 aromatic carbocycles. The van der Waals surface area contributed by atoms with Crippen LogP contribution in [-0.2, 0) is 16.1 Å². The minimum absolute atomic E-state index is 0.0446. The molecule has 1 saturated heterocycles. The monoisotopic (exact) mass is 331 g/mol. The summed E-state index contributed by atoms with van der Waals surface area (Å²) in [5.41, 5.74) is -1.12. The number of nitrogens with one attached hydrogen (secondary N) is 2. The molecule has 1 amide bonds. The normalized spacial score (nSPS) is 16.3. The molecule has 7 nitrogen and oxygen atoms in total. The Kier molecular flexibility index (Phi) is 4.54. The van der Waals surface area contributed by atoms with E-state index < -0.39 is 11.2 Å². The van der Waals surface area contributed by atoms with Gasteiger partial charge in [-0.25, -0.2) is 9.36 Å². The third kappa shape index (κ3) is 3.54. The van der Waals surface area contributed by atoms with Crippen LogP contribution in [0.25, 0.3) is 0 Å². The van der Waals surface area contributed by atoms with E-state index in [0.717, 1.165) is 17.4 Å². The van der Waals surface area contributed by atoms with Crippen molar-refractivity contribution < 1.29 is 9.53 Å². The lowest BCUT2D eigenvalue weighted by molar-refractivity contribution is -0.123. The van der Waals surface area contributed by atoms with Crippen LogP contribution >= 0.6 is 15.9 Å². The number of aromatic amines is 1. The zero-order chi connectivity index (χ0) is 13.8. The van der Waals surface area contributed by atoms with E-state index in [-0.39, 0.29) is 23.0 Å². The first-order valence-electron chi connectivity index (χ1n) is 5.93. The predicted octanol–water partition coefficient (Wildman–Crippen LogP) is -0.406. The molecule has 2 heterocycles. The Hall–Kier alpha value is -1.41. The second-order valence-corrected chi connectivity index (χ2v) is 5.14. The average molecular weight is 332 g/mol. The quantitative estimate of drug-likeness (QED) is 0.787. The van der Waals surface area contributed by atoms with Crippen molar-refractivity contribution in [2.45, 2.75) is 25.4 Å². The van der Waals surface area contributed by atoms with E-state index in [1.54, 1.807) is 0 Å². The molecule has 0 saturated carbocycles. The largest absolute Gasteiger partial charge is 0.381 e. The van der Waals surface area contributed by atoms with Crippen molar-refractivity contribution in [1.82, 2.24) is 14.9 Å². The third-order valence-corrected chi connectivity index (χ3v) is 3.47. The van der Waals surface area contributed by atoms with Gasteiger partial charge in [0.25, 0.3) is 5.56 Å². The maximum absolute atomic E-state index is 11.8. The molecule has 0 aliphatic carbocycles. The van der Waals surface area contributed by atoms with Crippen LogP contribution in [0.15, 0.2) is 20.3 Å². The maximum atomic E-state index is 11.8. The zero-order valence-electron chi connectivity index (χ0n) is 10.1. The SMILES string of the molecule is O=C(Cn1c(=O)[nH]cc(Br)c1=O)NC1CCOCC1. The molecule has 8 heteroatoms. The lowest BCUT2D eigenvalue weighted by Crippen LogP contribution is -2.44. The second kappa shape index (κ2) is 6.16. The molecule has 1 aromatic rings. The molecule has 1 fully saturated rings. The summed E-state index contributed by atoms with van der Waals surface area (Å²) in [5.74, 6) is -0.349. The van der Waals surface area contributed by atoms with E-state index in [9.17, 15) is 14.4 Å². The molecule has 19 heavy (non-hydrogen) atoms. The topological polar surface area (TPSA) is 93.2 Å². The summed E-state index contributed by atoms with van der Waals surface area (Å²) in [6, 6.07) is 0.0446. The van der Waals surface area contributed by atoms with Gasteiger partial charge in [-0.15, -0.1) is 0 Å².